The van der Waals surface area contributed by atoms with Crippen LogP contribution < -0.4 is 0 Å². The quantitative estimate of drug-likeness (QED) is 0.244. The third kappa shape index (κ3) is 3.08. The molecule has 0 rings (SSSR count). The standard InChI is InChI=1S/C6H13NOSi/c1-4-5(2)6(3)7-8-9/h4-5H,1H2,2-3,9H3/b7-6-/t5-/m0/s1. The topological polar surface area (TPSA) is 21.6 Å². The fourth-order valence-electron chi connectivity index (χ4n) is 0.398. The van der Waals surface area contributed by atoms with Crippen LogP contribution in [-0.2, 0) is 4.53 Å². The summed E-state index contributed by atoms with van der Waals surface area (Å²) in [5.74, 6) is 0.332. The van der Waals surface area contributed by atoms with E-state index in [0.29, 0.717) is 16.4 Å². The van der Waals surface area contributed by atoms with Crippen molar-refractivity contribution in [3.63, 3.8) is 0 Å². The Morgan fingerprint density at radius 3 is 2.78 bits per heavy atom. The molecule has 52 valence electrons. The summed E-state index contributed by atoms with van der Waals surface area (Å²) < 4.78 is 4.71. The third-order valence-corrected chi connectivity index (χ3v) is 1.43. The molecular weight excluding hydrogens is 130 g/mol. The summed E-state index contributed by atoms with van der Waals surface area (Å²) in [5, 5.41) is 3.80. The lowest BCUT2D eigenvalue weighted by atomic mass is 10.1. The van der Waals surface area contributed by atoms with Gasteiger partial charge in [0.05, 0.1) is 5.71 Å². The van der Waals surface area contributed by atoms with Crippen LogP contribution in [-0.4, -0.2) is 16.2 Å². The van der Waals surface area contributed by atoms with Gasteiger partial charge < -0.3 is 4.53 Å². The molecular formula is C6H13NOSi. The van der Waals surface area contributed by atoms with Crippen LogP contribution in [0.15, 0.2) is 17.8 Å². The van der Waals surface area contributed by atoms with E-state index in [-0.39, 0.29) is 0 Å². The van der Waals surface area contributed by atoms with E-state index in [9.17, 15) is 0 Å². The molecule has 0 heterocycles. The predicted molar refractivity (Wildman–Crippen MR) is 43.5 cm³/mol. The molecule has 0 amide bonds. The summed E-state index contributed by atoms with van der Waals surface area (Å²) in [6.07, 6.45) is 1.85. The maximum absolute atomic E-state index is 4.71. The normalized spacial score (nSPS) is 15.1. The molecule has 0 radical (unpaired) electrons. The summed E-state index contributed by atoms with van der Waals surface area (Å²) in [6.45, 7) is 7.61. The fraction of sp³-hybridized carbons (Fsp3) is 0.500. The molecule has 0 spiro atoms. The summed E-state index contributed by atoms with van der Waals surface area (Å²) in [7, 11) is 0.663. The lowest BCUT2D eigenvalue weighted by Gasteiger charge is -2.02. The summed E-state index contributed by atoms with van der Waals surface area (Å²) in [4.78, 5) is 0. The van der Waals surface area contributed by atoms with Crippen molar-refractivity contribution in [3.05, 3.63) is 12.7 Å². The van der Waals surface area contributed by atoms with Crippen LogP contribution in [0.4, 0.5) is 0 Å². The van der Waals surface area contributed by atoms with E-state index in [4.69, 9.17) is 4.53 Å². The molecule has 0 aliphatic rings. The van der Waals surface area contributed by atoms with Gasteiger partial charge >= 0.3 is 0 Å². The molecule has 0 saturated heterocycles. The monoisotopic (exact) mass is 143 g/mol. The van der Waals surface area contributed by atoms with Crippen molar-refractivity contribution < 1.29 is 4.53 Å². The van der Waals surface area contributed by atoms with Crippen LogP contribution in [0.25, 0.3) is 0 Å². The van der Waals surface area contributed by atoms with E-state index >= 15 is 0 Å². The van der Waals surface area contributed by atoms with Crippen LogP contribution in [0, 0.1) is 5.92 Å². The van der Waals surface area contributed by atoms with Crippen molar-refractivity contribution in [1.82, 2.24) is 0 Å². The average molecular weight is 143 g/mol. The van der Waals surface area contributed by atoms with E-state index in [1.807, 2.05) is 19.9 Å². The van der Waals surface area contributed by atoms with Crippen molar-refractivity contribution in [2.45, 2.75) is 13.8 Å². The Morgan fingerprint density at radius 1 is 1.89 bits per heavy atom. The number of nitrogens with zero attached hydrogens (tertiary/aromatic N) is 1. The van der Waals surface area contributed by atoms with Gasteiger partial charge in [-0.3, -0.25) is 0 Å². The van der Waals surface area contributed by atoms with E-state index in [0.717, 1.165) is 5.71 Å². The van der Waals surface area contributed by atoms with E-state index in [1.165, 1.54) is 0 Å². The third-order valence-electron chi connectivity index (χ3n) is 1.25. The zero-order valence-electron chi connectivity index (χ0n) is 6.22. The van der Waals surface area contributed by atoms with Gasteiger partial charge in [-0.2, -0.15) is 0 Å². The molecule has 0 fully saturated rings. The molecule has 0 aliphatic heterocycles. The Labute approximate surface area is 59.1 Å². The van der Waals surface area contributed by atoms with Gasteiger partial charge in [0, 0.05) is 5.92 Å². The number of rotatable bonds is 3. The molecule has 2 nitrogen and oxygen atoms in total. The second kappa shape index (κ2) is 4.32. The largest absolute Gasteiger partial charge is 0.467 e. The Balaban J connectivity index is 3.84. The maximum atomic E-state index is 4.71. The minimum Gasteiger partial charge on any atom is -0.467 e. The van der Waals surface area contributed by atoms with Gasteiger partial charge in [-0.15, -0.1) is 11.7 Å². The molecule has 0 aromatic heterocycles. The zero-order valence-corrected chi connectivity index (χ0v) is 8.22. The minimum atomic E-state index is 0.332. The van der Waals surface area contributed by atoms with Gasteiger partial charge in [0.1, 0.15) is 0 Å². The van der Waals surface area contributed by atoms with Crippen LogP contribution in [0.1, 0.15) is 13.8 Å². The Hall–Kier alpha value is -0.573. The lowest BCUT2D eigenvalue weighted by molar-refractivity contribution is 0.374. The maximum Gasteiger partial charge on any atom is 0.242 e. The highest BCUT2D eigenvalue weighted by Crippen LogP contribution is 1.98. The van der Waals surface area contributed by atoms with Gasteiger partial charge in [0.2, 0.25) is 10.5 Å². The van der Waals surface area contributed by atoms with Gasteiger partial charge in [-0.25, -0.2) is 0 Å². The van der Waals surface area contributed by atoms with Gasteiger partial charge in [0.25, 0.3) is 0 Å². The molecule has 9 heavy (non-hydrogen) atoms. The summed E-state index contributed by atoms with van der Waals surface area (Å²) >= 11 is 0. The average Bonchev–Trinajstić information content (AvgIpc) is 1.87. The number of allylic oxidation sites excluding steroid dienone is 1. The van der Waals surface area contributed by atoms with Crippen molar-refractivity contribution in [3.8, 4) is 0 Å². The van der Waals surface area contributed by atoms with Gasteiger partial charge in [0.15, 0.2) is 0 Å². The van der Waals surface area contributed by atoms with Gasteiger partial charge in [-0.05, 0) is 6.92 Å². The highest BCUT2D eigenvalue weighted by Gasteiger charge is 1.98. The van der Waals surface area contributed by atoms with Crippen LogP contribution in [0.2, 0.25) is 0 Å². The van der Waals surface area contributed by atoms with Crippen molar-refractivity contribution in [2.75, 3.05) is 0 Å². The highest BCUT2D eigenvalue weighted by molar-refractivity contribution is 5.98. The van der Waals surface area contributed by atoms with Crippen molar-refractivity contribution >= 4 is 16.2 Å². The first-order valence-corrected chi connectivity index (χ1v) is 3.74. The van der Waals surface area contributed by atoms with Crippen LogP contribution in [0.5, 0.6) is 0 Å². The minimum absolute atomic E-state index is 0.332. The molecule has 0 N–H and O–H groups in total. The molecule has 0 aliphatic carbocycles. The molecule has 1 atom stereocenters. The highest BCUT2D eigenvalue weighted by atomic mass is 28.2. The first-order chi connectivity index (χ1) is 4.22. The zero-order chi connectivity index (χ0) is 7.28. The molecule has 0 saturated carbocycles. The Kier molecular flexibility index (Phi) is 4.04. The SMILES string of the molecule is C=C[C@H](C)/C(C)=N\O[SiH3]. The number of oxime groups is 1. The molecule has 3 heteroatoms. The first-order valence-electron chi connectivity index (χ1n) is 2.92. The summed E-state index contributed by atoms with van der Waals surface area (Å²) in [6, 6.07) is 0. The molecule has 0 bridgehead atoms. The number of hydrogen-bond acceptors (Lipinski definition) is 2. The second-order valence-electron chi connectivity index (χ2n) is 1.94. The van der Waals surface area contributed by atoms with Crippen LogP contribution in [0.3, 0.4) is 0 Å². The predicted octanol–water partition coefficient (Wildman–Crippen LogP) is 0.481. The number of hydrogen-bond donors (Lipinski definition) is 0. The second-order valence-corrected chi connectivity index (χ2v) is 2.30. The summed E-state index contributed by atoms with van der Waals surface area (Å²) in [5.41, 5.74) is 0.986. The molecule has 0 unspecified atom stereocenters. The lowest BCUT2D eigenvalue weighted by Crippen LogP contribution is -2.03. The van der Waals surface area contributed by atoms with Gasteiger partial charge in [-0.1, -0.05) is 13.0 Å². The molecule has 0 aromatic rings. The van der Waals surface area contributed by atoms with E-state index in [1.54, 1.807) is 0 Å². The van der Waals surface area contributed by atoms with Crippen molar-refractivity contribution in [2.24, 2.45) is 11.1 Å². The van der Waals surface area contributed by atoms with E-state index in [2.05, 4.69) is 11.7 Å². The Bertz CT molecular complexity index is 122. The Morgan fingerprint density at radius 2 is 2.44 bits per heavy atom. The molecule has 0 aromatic carbocycles. The van der Waals surface area contributed by atoms with E-state index < -0.39 is 0 Å². The first kappa shape index (κ1) is 8.43. The smallest absolute Gasteiger partial charge is 0.242 e. The van der Waals surface area contributed by atoms with Crippen LogP contribution >= 0.6 is 0 Å². The fourth-order valence-corrected chi connectivity index (χ4v) is 0.686. The van der Waals surface area contributed by atoms with Crippen molar-refractivity contribution in [1.29, 1.82) is 0 Å².